The quantitative estimate of drug-likeness (QED) is 0.436. The van der Waals surface area contributed by atoms with Gasteiger partial charge in [-0.25, -0.2) is 21.1 Å². The summed E-state index contributed by atoms with van der Waals surface area (Å²) >= 11 is 5.91. The van der Waals surface area contributed by atoms with Crippen LogP contribution in [0.25, 0.3) is 0 Å². The van der Waals surface area contributed by atoms with Gasteiger partial charge in [-0.3, -0.25) is 9.52 Å². The number of fused-ring (bicyclic) bond motifs is 1. The van der Waals surface area contributed by atoms with Gasteiger partial charge in [0.2, 0.25) is 10.0 Å². The molecule has 0 aromatic heterocycles. The van der Waals surface area contributed by atoms with E-state index < -0.39 is 38.1 Å². The Labute approximate surface area is 260 Å². The minimum Gasteiger partial charge on any atom is -0.490 e. The average Bonchev–Trinajstić information content (AvgIpc) is 2.94. The molecule has 1 heterocycles. The number of hydrogen-bond acceptors (Lipinski definition) is 8. The highest BCUT2D eigenvalue weighted by atomic mass is 35.5. The van der Waals surface area contributed by atoms with E-state index in [9.17, 15) is 26.7 Å². The third-order valence-corrected chi connectivity index (χ3v) is 10.4. The zero-order valence-electron chi connectivity index (χ0n) is 25.2. The van der Waals surface area contributed by atoms with Crippen LogP contribution in [-0.4, -0.2) is 94.9 Å². The SMILES string of the molecule is C[C@@H]1CCCCO[C@@H](CN(C)S(C)(=O)=O)[C@@H](C)CN([C@@H](C)CO)C(=O)c2cc(NS(=O)(=O)c3ccc(Cl)cc3)ccc2O1. The summed E-state index contributed by atoms with van der Waals surface area (Å²) in [7, 11) is -5.98. The number of amides is 1. The number of hydrogen-bond donors (Lipinski definition) is 2. The van der Waals surface area contributed by atoms with Gasteiger partial charge >= 0.3 is 0 Å². The molecule has 11 nitrogen and oxygen atoms in total. The van der Waals surface area contributed by atoms with E-state index >= 15 is 0 Å². The fraction of sp³-hybridized carbons (Fsp3) is 0.552. The standard InChI is InChI=1S/C29H42ClN3O8S2/c1-20-17-33(21(2)19-34)29(35)26-16-24(31-43(38,39)25-12-9-23(30)10-13-25)11-14-27(26)41-22(3)8-6-7-15-40-28(20)18-32(4)42(5,36)37/h9-14,16,20-22,28,31,34H,6-8,15,17-19H2,1-5H3/t20-,21-,22+,28-/m0/s1. The summed E-state index contributed by atoms with van der Waals surface area (Å²) in [6, 6.07) is 9.61. The molecule has 0 saturated carbocycles. The van der Waals surface area contributed by atoms with E-state index in [1.807, 2.05) is 13.8 Å². The lowest BCUT2D eigenvalue weighted by Gasteiger charge is -2.35. The largest absolute Gasteiger partial charge is 0.490 e. The summed E-state index contributed by atoms with van der Waals surface area (Å²) in [6.07, 6.45) is 2.52. The topological polar surface area (TPSA) is 143 Å². The molecule has 0 aliphatic carbocycles. The molecule has 3 rings (SSSR count). The van der Waals surface area contributed by atoms with E-state index in [-0.39, 0.29) is 53.6 Å². The molecule has 240 valence electrons. The van der Waals surface area contributed by atoms with Crippen LogP contribution in [0.5, 0.6) is 5.75 Å². The molecule has 0 unspecified atom stereocenters. The number of aliphatic hydroxyl groups is 1. The Kier molecular flexibility index (Phi) is 12.3. The molecular formula is C29H42ClN3O8S2. The van der Waals surface area contributed by atoms with Crippen LogP contribution in [0.15, 0.2) is 47.4 Å². The van der Waals surface area contributed by atoms with Gasteiger partial charge in [-0.05, 0) is 75.6 Å². The maximum Gasteiger partial charge on any atom is 0.261 e. The number of ether oxygens (including phenoxy) is 2. The summed E-state index contributed by atoms with van der Waals surface area (Å²) in [5, 5.41) is 10.5. The Morgan fingerprint density at radius 2 is 1.79 bits per heavy atom. The van der Waals surface area contributed by atoms with Crippen molar-refractivity contribution in [1.29, 1.82) is 0 Å². The second-order valence-corrected chi connectivity index (χ2v) is 15.3. The lowest BCUT2D eigenvalue weighted by molar-refractivity contribution is -0.00828. The van der Waals surface area contributed by atoms with Gasteiger partial charge in [0.15, 0.2) is 0 Å². The van der Waals surface area contributed by atoms with Crippen LogP contribution in [0.1, 0.15) is 50.4 Å². The molecular weight excluding hydrogens is 618 g/mol. The Hall–Kier alpha value is -2.42. The van der Waals surface area contributed by atoms with Gasteiger partial charge < -0.3 is 19.5 Å². The molecule has 0 saturated heterocycles. The Morgan fingerprint density at radius 3 is 2.42 bits per heavy atom. The Bertz CT molecular complexity index is 1450. The fourth-order valence-electron chi connectivity index (χ4n) is 4.67. The van der Waals surface area contributed by atoms with E-state index in [0.717, 1.165) is 19.1 Å². The third kappa shape index (κ3) is 9.79. The number of nitrogens with zero attached hydrogens (tertiary/aromatic N) is 2. The van der Waals surface area contributed by atoms with E-state index in [0.29, 0.717) is 18.1 Å². The van der Waals surface area contributed by atoms with Gasteiger partial charge in [-0.1, -0.05) is 18.5 Å². The molecule has 43 heavy (non-hydrogen) atoms. The van der Waals surface area contributed by atoms with Crippen LogP contribution >= 0.6 is 11.6 Å². The van der Waals surface area contributed by atoms with E-state index in [2.05, 4.69) is 4.72 Å². The Morgan fingerprint density at radius 1 is 1.12 bits per heavy atom. The Balaban J connectivity index is 2.02. The summed E-state index contributed by atoms with van der Waals surface area (Å²) < 4.78 is 66.5. The van der Waals surface area contributed by atoms with Gasteiger partial charge in [0.25, 0.3) is 15.9 Å². The van der Waals surface area contributed by atoms with E-state index in [4.69, 9.17) is 21.1 Å². The number of rotatable bonds is 8. The predicted molar refractivity (Wildman–Crippen MR) is 167 cm³/mol. The molecule has 0 radical (unpaired) electrons. The van der Waals surface area contributed by atoms with Crippen LogP contribution in [-0.2, 0) is 24.8 Å². The minimum absolute atomic E-state index is 0.00244. The molecule has 2 aromatic carbocycles. The second-order valence-electron chi connectivity index (χ2n) is 11.1. The maximum atomic E-state index is 14.2. The molecule has 0 bridgehead atoms. The van der Waals surface area contributed by atoms with Crippen molar-refractivity contribution < 1.29 is 36.2 Å². The van der Waals surface area contributed by atoms with Crippen molar-refractivity contribution in [3.63, 3.8) is 0 Å². The average molecular weight is 660 g/mol. The van der Waals surface area contributed by atoms with Gasteiger partial charge in [-0.2, -0.15) is 0 Å². The number of sulfonamides is 2. The van der Waals surface area contributed by atoms with Crippen LogP contribution in [0.4, 0.5) is 5.69 Å². The molecule has 0 spiro atoms. The lowest BCUT2D eigenvalue weighted by Crippen LogP contribution is -2.47. The number of aliphatic hydroxyl groups excluding tert-OH is 1. The van der Waals surface area contributed by atoms with E-state index in [1.54, 1.807) is 13.0 Å². The first-order valence-corrected chi connectivity index (χ1v) is 17.9. The summed E-state index contributed by atoms with van der Waals surface area (Å²) in [4.78, 5) is 15.7. The maximum absolute atomic E-state index is 14.2. The first-order chi connectivity index (χ1) is 20.1. The number of halogens is 1. The van der Waals surface area contributed by atoms with Gasteiger partial charge in [-0.15, -0.1) is 0 Å². The van der Waals surface area contributed by atoms with Crippen molar-refractivity contribution in [1.82, 2.24) is 9.21 Å². The number of carbonyl (C=O) groups excluding carboxylic acids is 1. The molecule has 2 N–H and O–H groups in total. The van der Waals surface area contributed by atoms with Crippen LogP contribution in [0, 0.1) is 5.92 Å². The second kappa shape index (κ2) is 15.0. The predicted octanol–water partition coefficient (Wildman–Crippen LogP) is 3.83. The monoisotopic (exact) mass is 659 g/mol. The van der Waals surface area contributed by atoms with E-state index in [1.165, 1.54) is 52.7 Å². The van der Waals surface area contributed by atoms with Crippen molar-refractivity contribution in [2.24, 2.45) is 5.92 Å². The number of benzene rings is 2. The van der Waals surface area contributed by atoms with Crippen LogP contribution in [0.2, 0.25) is 5.02 Å². The van der Waals surface area contributed by atoms with Crippen molar-refractivity contribution in [3.8, 4) is 5.75 Å². The first kappa shape index (κ1) is 35.1. The number of anilines is 1. The summed E-state index contributed by atoms with van der Waals surface area (Å²) in [5.41, 5.74) is 0.276. The van der Waals surface area contributed by atoms with Crippen LogP contribution in [0.3, 0.4) is 0 Å². The molecule has 14 heteroatoms. The van der Waals surface area contributed by atoms with Crippen LogP contribution < -0.4 is 9.46 Å². The fourth-order valence-corrected chi connectivity index (χ4v) is 6.26. The van der Waals surface area contributed by atoms with Crippen molar-refractivity contribution in [2.75, 3.05) is 44.3 Å². The summed E-state index contributed by atoms with van der Waals surface area (Å²) in [6.45, 7) is 5.77. The van der Waals surface area contributed by atoms with Crippen molar-refractivity contribution in [2.45, 2.75) is 63.2 Å². The first-order valence-electron chi connectivity index (χ1n) is 14.2. The highest BCUT2D eigenvalue weighted by Gasteiger charge is 2.31. The molecule has 1 aliphatic heterocycles. The smallest absolute Gasteiger partial charge is 0.261 e. The molecule has 1 amide bonds. The van der Waals surface area contributed by atoms with Crippen molar-refractivity contribution in [3.05, 3.63) is 53.1 Å². The lowest BCUT2D eigenvalue weighted by atomic mass is 10.0. The third-order valence-electron chi connectivity index (χ3n) is 7.43. The highest BCUT2D eigenvalue weighted by Crippen LogP contribution is 2.29. The zero-order valence-corrected chi connectivity index (χ0v) is 27.6. The minimum atomic E-state index is -3.99. The summed E-state index contributed by atoms with van der Waals surface area (Å²) in [5.74, 6) is -0.508. The number of likely N-dealkylation sites (N-methyl/N-ethyl adjacent to an activating group) is 1. The molecule has 0 fully saturated rings. The number of carbonyl (C=O) groups is 1. The normalized spacial score (nSPS) is 21.9. The number of nitrogens with one attached hydrogen (secondary N) is 1. The van der Waals surface area contributed by atoms with Gasteiger partial charge in [0.1, 0.15) is 5.75 Å². The van der Waals surface area contributed by atoms with Crippen molar-refractivity contribution >= 4 is 43.2 Å². The van der Waals surface area contributed by atoms with Gasteiger partial charge in [0.05, 0.1) is 41.6 Å². The molecule has 1 aliphatic rings. The molecule has 2 aromatic rings. The highest BCUT2D eigenvalue weighted by molar-refractivity contribution is 7.92. The van der Waals surface area contributed by atoms with Gasteiger partial charge in [0, 0.05) is 43.4 Å². The zero-order chi connectivity index (χ0) is 31.9. The molecule has 4 atom stereocenters.